The van der Waals surface area contributed by atoms with Crippen LogP contribution in [0.3, 0.4) is 0 Å². The van der Waals surface area contributed by atoms with Gasteiger partial charge < -0.3 is 20.3 Å². The van der Waals surface area contributed by atoms with Gasteiger partial charge >= 0.3 is 18.0 Å². The van der Waals surface area contributed by atoms with Crippen LogP contribution in [0.2, 0.25) is 0 Å². The van der Waals surface area contributed by atoms with Gasteiger partial charge in [0.2, 0.25) is 0 Å². The molecule has 2 heterocycles. The van der Waals surface area contributed by atoms with E-state index in [2.05, 4.69) is 15.5 Å². The van der Waals surface area contributed by atoms with Gasteiger partial charge in [0, 0.05) is 51.5 Å². The van der Waals surface area contributed by atoms with Gasteiger partial charge in [0.15, 0.2) is 0 Å². The molecule has 0 radical (unpaired) electrons. The largest absolute Gasteiger partial charge is 0.463 e. The maximum absolute atomic E-state index is 13.1. The van der Waals surface area contributed by atoms with Crippen molar-refractivity contribution in [2.75, 3.05) is 46.4 Å². The second-order valence-electron chi connectivity index (χ2n) is 8.55. The topological polar surface area (TPSA) is 94.2 Å². The number of likely N-dealkylation sites (N-methyl/N-ethyl adjacent to an activating group) is 1. The first-order chi connectivity index (χ1) is 15.8. The molecule has 1 fully saturated rings. The van der Waals surface area contributed by atoms with Gasteiger partial charge in [-0.05, 0) is 33.3 Å². The number of esters is 1. The monoisotopic (exact) mass is 457 g/mol. The number of ether oxygens (including phenoxy) is 1. The number of nitrogens with zero attached hydrogens (tertiary/aromatic N) is 3. The molecule has 2 aliphatic heterocycles. The maximum Gasteiger partial charge on any atom is 0.338 e. The number of hydrogen-bond acceptors (Lipinski definition) is 5. The Morgan fingerprint density at radius 3 is 2.48 bits per heavy atom. The number of amides is 4. The lowest BCUT2D eigenvalue weighted by Crippen LogP contribution is -2.57. The average molecular weight is 458 g/mol. The molecule has 33 heavy (non-hydrogen) atoms. The fraction of sp³-hybridized carbons (Fsp3) is 0.542. The predicted molar refractivity (Wildman–Crippen MR) is 126 cm³/mol. The maximum atomic E-state index is 13.1. The van der Waals surface area contributed by atoms with Crippen LogP contribution in [-0.2, 0) is 9.53 Å². The molecule has 0 unspecified atom stereocenters. The summed E-state index contributed by atoms with van der Waals surface area (Å²) in [6.07, 6.45) is 0. The Morgan fingerprint density at radius 2 is 1.88 bits per heavy atom. The van der Waals surface area contributed by atoms with Gasteiger partial charge in [0.05, 0.1) is 18.2 Å². The number of hydrogen-bond donors (Lipinski definition) is 2. The zero-order valence-corrected chi connectivity index (χ0v) is 20.2. The van der Waals surface area contributed by atoms with Gasteiger partial charge in [-0.2, -0.15) is 0 Å². The van der Waals surface area contributed by atoms with Crippen molar-refractivity contribution in [2.24, 2.45) is 0 Å². The third kappa shape index (κ3) is 5.47. The van der Waals surface area contributed by atoms with Crippen LogP contribution in [0.25, 0.3) is 0 Å². The van der Waals surface area contributed by atoms with Crippen molar-refractivity contribution >= 4 is 18.0 Å². The first kappa shape index (κ1) is 24.6. The van der Waals surface area contributed by atoms with Gasteiger partial charge in [0.1, 0.15) is 0 Å². The van der Waals surface area contributed by atoms with Crippen LogP contribution in [0, 0.1) is 6.92 Å². The molecule has 0 spiro atoms. The molecule has 1 saturated heterocycles. The summed E-state index contributed by atoms with van der Waals surface area (Å²) in [6, 6.07) is 6.87. The van der Waals surface area contributed by atoms with E-state index in [1.54, 1.807) is 14.0 Å². The highest BCUT2D eigenvalue weighted by atomic mass is 16.5. The molecular weight excluding hydrogens is 422 g/mol. The Balaban J connectivity index is 1.91. The highest BCUT2D eigenvalue weighted by molar-refractivity contribution is 5.95. The molecule has 1 aromatic carbocycles. The van der Waals surface area contributed by atoms with Crippen molar-refractivity contribution < 1.29 is 19.1 Å². The Morgan fingerprint density at radius 1 is 1.18 bits per heavy atom. The third-order valence-corrected chi connectivity index (χ3v) is 6.16. The van der Waals surface area contributed by atoms with Crippen LogP contribution in [0.15, 0.2) is 35.5 Å². The average Bonchev–Trinajstić information content (AvgIpc) is 2.77. The second kappa shape index (κ2) is 10.7. The minimum absolute atomic E-state index is 0.00700. The van der Waals surface area contributed by atoms with Gasteiger partial charge in [-0.1, -0.05) is 29.8 Å². The quantitative estimate of drug-likeness (QED) is 0.639. The van der Waals surface area contributed by atoms with Gasteiger partial charge in [-0.25, -0.2) is 14.4 Å². The molecule has 1 aromatic rings. The standard InChI is InChI=1S/C24H35N5O4/c1-6-25-23(31)29-13-12-28(14-17(29)4)15-19-20(22(30)33-7-2)21(26-24(32)27(19)5)18-10-8-16(3)9-11-18/h8-11,17,21H,6-7,12-15H2,1-5H3,(H,25,31)(H,26,32)/t17-,21-/m1/s1. The molecule has 9 heteroatoms. The van der Waals surface area contributed by atoms with Crippen molar-refractivity contribution in [2.45, 2.75) is 39.8 Å². The highest BCUT2D eigenvalue weighted by Crippen LogP contribution is 2.32. The van der Waals surface area contributed by atoms with Crippen molar-refractivity contribution in [3.63, 3.8) is 0 Å². The van der Waals surface area contributed by atoms with E-state index >= 15 is 0 Å². The number of urea groups is 2. The molecule has 9 nitrogen and oxygen atoms in total. The van der Waals surface area contributed by atoms with Gasteiger partial charge in [0.25, 0.3) is 0 Å². The van der Waals surface area contributed by atoms with Gasteiger partial charge in [-0.15, -0.1) is 0 Å². The van der Waals surface area contributed by atoms with Gasteiger partial charge in [-0.3, -0.25) is 9.80 Å². The summed E-state index contributed by atoms with van der Waals surface area (Å²) in [4.78, 5) is 43.7. The molecule has 2 aliphatic rings. The molecule has 0 bridgehead atoms. The fourth-order valence-corrected chi connectivity index (χ4v) is 4.35. The number of rotatable bonds is 6. The summed E-state index contributed by atoms with van der Waals surface area (Å²) in [5, 5.41) is 5.81. The molecule has 3 rings (SSSR count). The number of benzene rings is 1. The normalized spacial score (nSPS) is 21.7. The summed E-state index contributed by atoms with van der Waals surface area (Å²) >= 11 is 0. The first-order valence-corrected chi connectivity index (χ1v) is 11.5. The van der Waals surface area contributed by atoms with Crippen LogP contribution < -0.4 is 10.6 Å². The van der Waals surface area contributed by atoms with E-state index in [-0.39, 0.29) is 24.7 Å². The first-order valence-electron chi connectivity index (χ1n) is 11.5. The fourth-order valence-electron chi connectivity index (χ4n) is 4.35. The van der Waals surface area contributed by atoms with Crippen LogP contribution in [-0.4, -0.2) is 85.2 Å². The molecule has 180 valence electrons. The van der Waals surface area contributed by atoms with Crippen molar-refractivity contribution in [3.05, 3.63) is 46.7 Å². The zero-order chi connectivity index (χ0) is 24.1. The Kier molecular flexibility index (Phi) is 7.97. The predicted octanol–water partition coefficient (Wildman–Crippen LogP) is 2.24. The van der Waals surface area contributed by atoms with E-state index in [1.165, 1.54) is 4.90 Å². The second-order valence-corrected chi connectivity index (χ2v) is 8.55. The van der Waals surface area contributed by atoms with Crippen LogP contribution >= 0.6 is 0 Å². The Hall–Kier alpha value is -3.07. The molecule has 0 aliphatic carbocycles. The number of nitrogens with one attached hydrogen (secondary N) is 2. The molecule has 0 aromatic heterocycles. The Labute approximate surface area is 195 Å². The molecule has 2 N–H and O–H groups in total. The number of carbonyl (C=O) groups is 3. The zero-order valence-electron chi connectivity index (χ0n) is 20.2. The smallest absolute Gasteiger partial charge is 0.338 e. The summed E-state index contributed by atoms with van der Waals surface area (Å²) in [7, 11) is 1.67. The summed E-state index contributed by atoms with van der Waals surface area (Å²) in [5.74, 6) is -0.432. The lowest BCUT2D eigenvalue weighted by molar-refractivity contribution is -0.139. The minimum atomic E-state index is -0.586. The minimum Gasteiger partial charge on any atom is -0.463 e. The lowest BCUT2D eigenvalue weighted by atomic mass is 9.93. The van der Waals surface area contributed by atoms with Crippen molar-refractivity contribution in [1.29, 1.82) is 0 Å². The summed E-state index contributed by atoms with van der Waals surface area (Å²) in [6.45, 7) is 10.8. The molecule has 2 atom stereocenters. The van der Waals surface area contributed by atoms with Crippen LogP contribution in [0.5, 0.6) is 0 Å². The SMILES string of the molecule is CCNC(=O)N1CCN(CC2=C(C(=O)OCC)[C@@H](c3ccc(C)cc3)NC(=O)N2C)C[C@H]1C. The van der Waals surface area contributed by atoms with E-state index < -0.39 is 12.0 Å². The van der Waals surface area contributed by atoms with E-state index in [0.717, 1.165) is 11.1 Å². The summed E-state index contributed by atoms with van der Waals surface area (Å²) in [5.41, 5.74) is 3.00. The van der Waals surface area contributed by atoms with E-state index in [0.29, 0.717) is 44.0 Å². The van der Waals surface area contributed by atoms with E-state index in [1.807, 2.05) is 49.9 Å². The molecular formula is C24H35N5O4. The van der Waals surface area contributed by atoms with Crippen molar-refractivity contribution in [1.82, 2.24) is 25.3 Å². The van der Waals surface area contributed by atoms with Crippen LogP contribution in [0.4, 0.5) is 9.59 Å². The number of aryl methyl sites for hydroxylation is 1. The van der Waals surface area contributed by atoms with Crippen molar-refractivity contribution in [3.8, 4) is 0 Å². The Bertz CT molecular complexity index is 914. The number of piperazine rings is 1. The van der Waals surface area contributed by atoms with E-state index in [9.17, 15) is 14.4 Å². The third-order valence-electron chi connectivity index (χ3n) is 6.16. The molecule has 4 amide bonds. The molecule has 0 saturated carbocycles. The number of carbonyl (C=O) groups excluding carboxylic acids is 3. The lowest BCUT2D eigenvalue weighted by Gasteiger charge is -2.42. The van der Waals surface area contributed by atoms with Crippen LogP contribution in [0.1, 0.15) is 37.9 Å². The summed E-state index contributed by atoms with van der Waals surface area (Å²) < 4.78 is 5.40. The van der Waals surface area contributed by atoms with E-state index in [4.69, 9.17) is 4.74 Å². The highest BCUT2D eigenvalue weighted by Gasteiger charge is 2.38.